The van der Waals surface area contributed by atoms with Crippen LogP contribution in [0.15, 0.2) is 47.4 Å². The normalized spacial score (nSPS) is 14.1. The quantitative estimate of drug-likeness (QED) is 0.249. The standard InChI is InChI=1S/C17H11ClF6N2O4S/c18-9-1-4-11(5-2-9)31-8-15(28,17(22,23)24)14(27)25-10-3-6-13(26(29)30)12(7-10)16(19,20)21/h1-7,28H,8H2,(H,25,27). The number of rotatable bonds is 6. The van der Waals surface area contributed by atoms with Crippen LogP contribution in [0.25, 0.3) is 0 Å². The highest BCUT2D eigenvalue weighted by Crippen LogP contribution is 2.39. The number of benzene rings is 2. The molecule has 2 rings (SSSR count). The molecule has 0 bridgehead atoms. The van der Waals surface area contributed by atoms with Gasteiger partial charge in [-0.3, -0.25) is 14.9 Å². The number of hydrogen-bond donors (Lipinski definition) is 2. The molecule has 168 valence electrons. The lowest BCUT2D eigenvalue weighted by molar-refractivity contribution is -0.388. The van der Waals surface area contributed by atoms with Crippen LogP contribution in [0, 0.1) is 10.1 Å². The van der Waals surface area contributed by atoms with E-state index in [1.807, 2.05) is 0 Å². The Morgan fingerprint density at radius 3 is 2.16 bits per heavy atom. The summed E-state index contributed by atoms with van der Waals surface area (Å²) < 4.78 is 79.4. The highest BCUT2D eigenvalue weighted by Gasteiger charge is 2.59. The molecule has 1 unspecified atom stereocenters. The van der Waals surface area contributed by atoms with E-state index >= 15 is 0 Å². The topological polar surface area (TPSA) is 92.5 Å². The number of carbonyl (C=O) groups is 1. The van der Waals surface area contributed by atoms with Crippen LogP contribution in [-0.4, -0.2) is 33.5 Å². The molecule has 0 aromatic heterocycles. The third-order valence-electron chi connectivity index (χ3n) is 3.86. The van der Waals surface area contributed by atoms with Gasteiger partial charge < -0.3 is 10.4 Å². The van der Waals surface area contributed by atoms with Gasteiger partial charge in [0, 0.05) is 27.4 Å². The number of anilines is 1. The van der Waals surface area contributed by atoms with E-state index in [2.05, 4.69) is 0 Å². The van der Waals surface area contributed by atoms with Crippen molar-refractivity contribution in [3.05, 3.63) is 63.2 Å². The van der Waals surface area contributed by atoms with E-state index in [-0.39, 0.29) is 11.0 Å². The molecular weight excluding hydrogens is 478 g/mol. The molecule has 0 aliphatic heterocycles. The molecular formula is C17H11ClF6N2O4S. The highest BCUT2D eigenvalue weighted by molar-refractivity contribution is 7.99. The first kappa shape index (κ1) is 24.8. The van der Waals surface area contributed by atoms with Crippen LogP contribution in [0.5, 0.6) is 0 Å². The summed E-state index contributed by atoms with van der Waals surface area (Å²) in [5.41, 5.74) is -7.92. The van der Waals surface area contributed by atoms with Gasteiger partial charge in [-0.2, -0.15) is 26.3 Å². The van der Waals surface area contributed by atoms with E-state index in [9.17, 15) is 46.4 Å². The molecule has 6 nitrogen and oxygen atoms in total. The second kappa shape index (κ2) is 8.93. The van der Waals surface area contributed by atoms with Crippen LogP contribution in [-0.2, 0) is 11.0 Å². The average Bonchev–Trinajstić information content (AvgIpc) is 2.65. The fraction of sp³-hybridized carbons (Fsp3) is 0.235. The fourth-order valence-electron chi connectivity index (χ4n) is 2.23. The fourth-order valence-corrected chi connectivity index (χ4v) is 3.35. The molecule has 0 fully saturated rings. The zero-order chi connectivity index (χ0) is 23.6. The molecule has 0 spiro atoms. The second-order valence-corrected chi connectivity index (χ2v) is 7.53. The van der Waals surface area contributed by atoms with Gasteiger partial charge in [0.25, 0.3) is 11.6 Å². The number of nitro groups is 1. The van der Waals surface area contributed by atoms with Crippen molar-refractivity contribution < 1.29 is 41.2 Å². The lowest BCUT2D eigenvalue weighted by Crippen LogP contribution is -2.56. The lowest BCUT2D eigenvalue weighted by Gasteiger charge is -2.29. The van der Waals surface area contributed by atoms with Gasteiger partial charge in [0.05, 0.1) is 4.92 Å². The Kier molecular flexibility index (Phi) is 7.13. The Morgan fingerprint density at radius 2 is 1.68 bits per heavy atom. The van der Waals surface area contributed by atoms with Gasteiger partial charge in [-0.1, -0.05) is 11.6 Å². The Labute approximate surface area is 179 Å². The third-order valence-corrected chi connectivity index (χ3v) is 5.28. The minimum Gasteiger partial charge on any atom is -0.372 e. The molecule has 2 N–H and O–H groups in total. The third kappa shape index (κ3) is 5.80. The van der Waals surface area contributed by atoms with Crippen molar-refractivity contribution in [1.82, 2.24) is 0 Å². The number of thioether (sulfide) groups is 1. The number of hydrogen-bond acceptors (Lipinski definition) is 5. The summed E-state index contributed by atoms with van der Waals surface area (Å²) >= 11 is 6.12. The molecule has 0 aliphatic rings. The number of nitro benzene ring substituents is 1. The summed E-state index contributed by atoms with van der Waals surface area (Å²) in [5.74, 6) is -3.27. The van der Waals surface area contributed by atoms with Gasteiger partial charge in [0.15, 0.2) is 0 Å². The first-order chi connectivity index (χ1) is 14.1. The smallest absolute Gasteiger partial charge is 0.372 e. The Morgan fingerprint density at radius 1 is 1.10 bits per heavy atom. The molecule has 0 heterocycles. The molecule has 2 aromatic rings. The molecule has 1 atom stereocenters. The van der Waals surface area contributed by atoms with Gasteiger partial charge in [-0.05, 0) is 36.4 Å². The largest absolute Gasteiger partial charge is 0.427 e. The van der Waals surface area contributed by atoms with Crippen molar-refractivity contribution in [1.29, 1.82) is 0 Å². The number of nitrogens with zero attached hydrogens (tertiary/aromatic N) is 1. The molecule has 0 saturated heterocycles. The van der Waals surface area contributed by atoms with E-state index in [0.29, 0.717) is 28.9 Å². The number of nitrogens with one attached hydrogen (secondary N) is 1. The molecule has 14 heteroatoms. The van der Waals surface area contributed by atoms with E-state index in [4.69, 9.17) is 11.6 Å². The van der Waals surface area contributed by atoms with Crippen LogP contribution < -0.4 is 5.32 Å². The van der Waals surface area contributed by atoms with E-state index in [1.165, 1.54) is 24.3 Å². The van der Waals surface area contributed by atoms with Gasteiger partial charge >= 0.3 is 12.4 Å². The van der Waals surface area contributed by atoms with Gasteiger partial charge in [-0.25, -0.2) is 0 Å². The van der Waals surface area contributed by atoms with Crippen molar-refractivity contribution in [3.8, 4) is 0 Å². The van der Waals surface area contributed by atoms with Crippen molar-refractivity contribution >= 4 is 40.6 Å². The molecule has 2 aromatic carbocycles. The number of aliphatic hydroxyl groups is 1. The Balaban J connectivity index is 2.32. The second-order valence-electron chi connectivity index (χ2n) is 6.04. The van der Waals surface area contributed by atoms with E-state index in [0.717, 1.165) is 0 Å². The van der Waals surface area contributed by atoms with Crippen molar-refractivity contribution in [2.75, 3.05) is 11.1 Å². The molecule has 0 radical (unpaired) electrons. The Hall–Kier alpha value is -2.51. The first-order valence-electron chi connectivity index (χ1n) is 8.00. The maximum absolute atomic E-state index is 13.4. The van der Waals surface area contributed by atoms with Crippen LogP contribution in [0.3, 0.4) is 0 Å². The highest BCUT2D eigenvalue weighted by atomic mass is 35.5. The minimum atomic E-state index is -5.48. The van der Waals surface area contributed by atoms with Crippen LogP contribution in [0.2, 0.25) is 5.02 Å². The Bertz CT molecular complexity index is 984. The number of halogens is 7. The predicted octanol–water partition coefficient (Wildman–Crippen LogP) is 5.29. The molecule has 0 aliphatic carbocycles. The van der Waals surface area contributed by atoms with Crippen LogP contribution in [0.1, 0.15) is 5.56 Å². The number of alkyl halides is 6. The summed E-state index contributed by atoms with van der Waals surface area (Å²) in [6, 6.07) is 6.53. The number of amides is 1. The van der Waals surface area contributed by atoms with E-state index < -0.39 is 51.5 Å². The molecule has 0 saturated carbocycles. The summed E-state index contributed by atoms with van der Waals surface area (Å²) in [6.45, 7) is 0. The first-order valence-corrected chi connectivity index (χ1v) is 9.36. The summed E-state index contributed by atoms with van der Waals surface area (Å²) in [5, 5.41) is 22.6. The minimum absolute atomic E-state index is 0.110. The van der Waals surface area contributed by atoms with Crippen molar-refractivity contribution in [2.45, 2.75) is 22.8 Å². The zero-order valence-electron chi connectivity index (χ0n) is 14.9. The van der Waals surface area contributed by atoms with Crippen LogP contribution in [0.4, 0.5) is 37.7 Å². The van der Waals surface area contributed by atoms with Crippen LogP contribution >= 0.6 is 23.4 Å². The lowest BCUT2D eigenvalue weighted by atomic mass is 10.0. The maximum Gasteiger partial charge on any atom is 0.427 e. The van der Waals surface area contributed by atoms with E-state index in [1.54, 1.807) is 5.32 Å². The molecule has 1 amide bonds. The number of carbonyl (C=O) groups excluding carboxylic acids is 1. The average molecular weight is 489 g/mol. The summed E-state index contributed by atoms with van der Waals surface area (Å²) in [7, 11) is 0. The van der Waals surface area contributed by atoms with Crippen molar-refractivity contribution in [3.63, 3.8) is 0 Å². The monoisotopic (exact) mass is 488 g/mol. The molecule has 31 heavy (non-hydrogen) atoms. The SMILES string of the molecule is O=C(Nc1ccc([N+](=O)[O-])c(C(F)(F)F)c1)C(O)(CSc1ccc(Cl)cc1)C(F)(F)F. The zero-order valence-corrected chi connectivity index (χ0v) is 16.5. The van der Waals surface area contributed by atoms with Gasteiger partial charge in [0.2, 0.25) is 5.60 Å². The maximum atomic E-state index is 13.4. The van der Waals surface area contributed by atoms with Crippen molar-refractivity contribution in [2.24, 2.45) is 0 Å². The summed E-state index contributed by atoms with van der Waals surface area (Å²) in [6.07, 6.45) is -10.7. The predicted molar refractivity (Wildman–Crippen MR) is 99.9 cm³/mol. The van der Waals surface area contributed by atoms with Gasteiger partial charge in [0.1, 0.15) is 5.56 Å². The summed E-state index contributed by atoms with van der Waals surface area (Å²) in [4.78, 5) is 21.9. The van der Waals surface area contributed by atoms with Gasteiger partial charge in [-0.15, -0.1) is 11.8 Å².